The molecule has 164 valence electrons. The summed E-state index contributed by atoms with van der Waals surface area (Å²) in [6, 6.07) is 13.2. The van der Waals surface area contributed by atoms with Crippen molar-refractivity contribution >= 4 is 23.5 Å². The third kappa shape index (κ3) is 9.58. The minimum atomic E-state index is -0.763. The molecule has 0 fully saturated rings. The normalized spacial score (nSPS) is 12.0. The number of carbonyl (C=O) groups is 1. The van der Waals surface area contributed by atoms with Crippen LogP contribution in [0.2, 0.25) is 0 Å². The number of likely N-dealkylation sites (N-methyl/N-ethyl adjacent to an activating group) is 1. The molecule has 1 unspecified atom stereocenters. The van der Waals surface area contributed by atoms with Crippen molar-refractivity contribution in [1.29, 1.82) is 0 Å². The van der Waals surface area contributed by atoms with Crippen LogP contribution in [0, 0.1) is 0 Å². The van der Waals surface area contributed by atoms with Crippen LogP contribution in [0.3, 0.4) is 0 Å². The summed E-state index contributed by atoms with van der Waals surface area (Å²) in [7, 11) is 1.64. The first-order chi connectivity index (χ1) is 14.4. The molecule has 0 aliphatic heterocycles. The molecule has 2 amide bonds. The van der Waals surface area contributed by atoms with E-state index in [0.29, 0.717) is 18.9 Å². The zero-order chi connectivity index (χ0) is 21.8. The number of nitrogens with zero attached hydrogens (tertiary/aromatic N) is 2. The van der Waals surface area contributed by atoms with E-state index in [2.05, 4.69) is 10.3 Å². The smallest absolute Gasteiger partial charge is 0.321 e. The molecule has 1 atom stereocenters. The second-order valence-corrected chi connectivity index (χ2v) is 8.11. The lowest BCUT2D eigenvalue weighted by atomic mass is 10.2. The van der Waals surface area contributed by atoms with Crippen LogP contribution in [0.1, 0.15) is 19.4 Å². The Hall–Kier alpha value is -2.13. The highest BCUT2D eigenvalue weighted by atomic mass is 32.2. The number of carbonyl (C=O) groups excluding carboxylic acids is 1. The molecule has 0 saturated heterocycles. The van der Waals surface area contributed by atoms with E-state index in [9.17, 15) is 9.90 Å². The van der Waals surface area contributed by atoms with Gasteiger partial charge in [-0.1, -0.05) is 18.2 Å². The number of anilines is 1. The van der Waals surface area contributed by atoms with Gasteiger partial charge >= 0.3 is 6.03 Å². The quantitative estimate of drug-likeness (QED) is 0.393. The van der Waals surface area contributed by atoms with E-state index in [4.69, 9.17) is 9.47 Å². The number of aliphatic hydroxyl groups excluding tert-OH is 1. The molecule has 2 aromatic rings. The molecule has 0 radical (unpaired) electrons. The highest BCUT2D eigenvalue weighted by molar-refractivity contribution is 7.98. The highest BCUT2D eigenvalue weighted by Gasteiger charge is 2.14. The average Bonchev–Trinajstić information content (AvgIpc) is 2.72. The monoisotopic (exact) mass is 433 g/mol. The van der Waals surface area contributed by atoms with E-state index < -0.39 is 6.10 Å². The van der Waals surface area contributed by atoms with Crippen LogP contribution in [-0.2, 0) is 15.2 Å². The Bertz CT molecular complexity index is 761. The molecule has 1 heterocycles. The number of amides is 2. The van der Waals surface area contributed by atoms with Gasteiger partial charge in [-0.15, -0.1) is 11.8 Å². The lowest BCUT2D eigenvalue weighted by molar-refractivity contribution is -0.0144. The van der Waals surface area contributed by atoms with Crippen molar-refractivity contribution in [2.24, 2.45) is 0 Å². The van der Waals surface area contributed by atoms with E-state index >= 15 is 0 Å². The third-order valence-corrected chi connectivity index (χ3v) is 5.04. The first-order valence-electron chi connectivity index (χ1n) is 9.96. The van der Waals surface area contributed by atoms with Crippen molar-refractivity contribution in [3.05, 3.63) is 54.2 Å². The predicted octanol–water partition coefficient (Wildman–Crippen LogP) is 3.64. The predicted molar refractivity (Wildman–Crippen MR) is 120 cm³/mol. The van der Waals surface area contributed by atoms with Crippen molar-refractivity contribution in [2.75, 3.05) is 38.7 Å². The number of hydrogen-bond donors (Lipinski definition) is 2. The van der Waals surface area contributed by atoms with E-state index in [-0.39, 0.29) is 25.3 Å². The first kappa shape index (κ1) is 24.1. The second kappa shape index (κ2) is 13.2. The molecule has 0 spiro atoms. The SMILES string of the molecule is CC(C)OCCOCC(O)CN(C)C(=O)Nc1cccc(CSc2ccccn2)c1. The second-order valence-electron chi connectivity index (χ2n) is 7.12. The average molecular weight is 434 g/mol. The fourth-order valence-corrected chi connectivity index (χ4v) is 3.37. The summed E-state index contributed by atoms with van der Waals surface area (Å²) < 4.78 is 10.8. The van der Waals surface area contributed by atoms with Crippen LogP contribution in [0.15, 0.2) is 53.7 Å². The van der Waals surface area contributed by atoms with E-state index in [1.807, 2.05) is 56.3 Å². The van der Waals surface area contributed by atoms with Crippen molar-refractivity contribution < 1.29 is 19.4 Å². The van der Waals surface area contributed by atoms with Gasteiger partial charge in [-0.2, -0.15) is 0 Å². The van der Waals surface area contributed by atoms with E-state index in [1.165, 1.54) is 4.90 Å². The molecule has 1 aromatic carbocycles. The van der Waals surface area contributed by atoms with Gasteiger partial charge in [0.1, 0.15) is 0 Å². The maximum Gasteiger partial charge on any atom is 0.321 e. The topological polar surface area (TPSA) is 83.9 Å². The molecule has 0 aliphatic carbocycles. The fourth-order valence-electron chi connectivity index (χ4n) is 2.56. The first-order valence-corrected chi connectivity index (χ1v) is 10.9. The Kier molecular flexibility index (Phi) is 10.6. The number of pyridine rings is 1. The van der Waals surface area contributed by atoms with E-state index in [1.54, 1.807) is 25.0 Å². The van der Waals surface area contributed by atoms with Crippen LogP contribution >= 0.6 is 11.8 Å². The Morgan fingerprint density at radius 2 is 2.07 bits per heavy atom. The molecule has 0 bridgehead atoms. The lowest BCUT2D eigenvalue weighted by Crippen LogP contribution is -2.39. The number of ether oxygens (including phenoxy) is 2. The molecule has 7 nitrogen and oxygen atoms in total. The number of aromatic nitrogens is 1. The summed E-state index contributed by atoms with van der Waals surface area (Å²) in [5.41, 5.74) is 1.80. The Balaban J connectivity index is 1.73. The van der Waals surface area contributed by atoms with Crippen molar-refractivity contribution in [2.45, 2.75) is 36.8 Å². The largest absolute Gasteiger partial charge is 0.389 e. The number of thioether (sulfide) groups is 1. The van der Waals surface area contributed by atoms with Crippen LogP contribution in [-0.4, -0.2) is 66.6 Å². The van der Waals surface area contributed by atoms with Crippen LogP contribution in [0.4, 0.5) is 10.5 Å². The number of urea groups is 1. The standard InChI is InChI=1S/C22H31N3O4S/c1-17(2)29-12-11-28-15-20(26)14-25(3)22(27)24-19-8-6-7-18(13-19)16-30-21-9-4-5-10-23-21/h4-10,13,17,20,26H,11-12,14-16H2,1-3H3,(H,24,27). The summed E-state index contributed by atoms with van der Waals surface area (Å²) in [5, 5.41) is 13.9. The summed E-state index contributed by atoms with van der Waals surface area (Å²) in [4.78, 5) is 18.2. The summed E-state index contributed by atoms with van der Waals surface area (Å²) in [6.45, 7) is 5.13. The number of aliphatic hydroxyl groups is 1. The number of rotatable bonds is 12. The Morgan fingerprint density at radius 3 is 2.80 bits per heavy atom. The van der Waals surface area contributed by atoms with Gasteiger partial charge in [-0.3, -0.25) is 0 Å². The zero-order valence-electron chi connectivity index (χ0n) is 17.8. The summed E-state index contributed by atoms with van der Waals surface area (Å²) in [5.74, 6) is 0.757. The molecule has 0 aliphatic rings. The van der Waals surface area contributed by atoms with Crippen molar-refractivity contribution in [3.63, 3.8) is 0 Å². The molecule has 1 aromatic heterocycles. The Labute approximate surface area is 182 Å². The van der Waals surface area contributed by atoms with Crippen molar-refractivity contribution in [3.8, 4) is 0 Å². The van der Waals surface area contributed by atoms with Gasteiger partial charge in [0.2, 0.25) is 0 Å². The minimum Gasteiger partial charge on any atom is -0.389 e. The molecule has 8 heteroatoms. The molecular formula is C22H31N3O4S. The van der Waals surface area contributed by atoms with Crippen LogP contribution in [0.5, 0.6) is 0 Å². The van der Waals surface area contributed by atoms with Crippen molar-refractivity contribution in [1.82, 2.24) is 9.88 Å². The molecular weight excluding hydrogens is 402 g/mol. The van der Waals surface area contributed by atoms with Crippen LogP contribution in [0.25, 0.3) is 0 Å². The Morgan fingerprint density at radius 1 is 1.23 bits per heavy atom. The van der Waals surface area contributed by atoms with Crippen LogP contribution < -0.4 is 5.32 Å². The van der Waals surface area contributed by atoms with Gasteiger partial charge in [0, 0.05) is 24.7 Å². The van der Waals surface area contributed by atoms with Gasteiger partial charge in [-0.05, 0) is 43.7 Å². The number of hydrogen-bond acceptors (Lipinski definition) is 6. The van der Waals surface area contributed by atoms with Gasteiger partial charge < -0.3 is 24.8 Å². The molecule has 2 rings (SSSR count). The highest BCUT2D eigenvalue weighted by Crippen LogP contribution is 2.22. The van der Waals surface area contributed by atoms with Gasteiger partial charge in [0.15, 0.2) is 0 Å². The van der Waals surface area contributed by atoms with Gasteiger partial charge in [0.25, 0.3) is 0 Å². The summed E-state index contributed by atoms with van der Waals surface area (Å²) in [6.07, 6.45) is 1.16. The maximum atomic E-state index is 12.4. The number of benzene rings is 1. The molecule has 0 saturated carbocycles. The number of nitrogens with one attached hydrogen (secondary N) is 1. The molecule has 2 N–H and O–H groups in total. The lowest BCUT2D eigenvalue weighted by Gasteiger charge is -2.21. The third-order valence-electron chi connectivity index (χ3n) is 4.02. The van der Waals surface area contributed by atoms with E-state index in [0.717, 1.165) is 16.3 Å². The van der Waals surface area contributed by atoms with Gasteiger partial charge in [0.05, 0.1) is 43.6 Å². The summed E-state index contributed by atoms with van der Waals surface area (Å²) >= 11 is 1.64. The fraction of sp³-hybridized carbons (Fsp3) is 0.455. The molecule has 30 heavy (non-hydrogen) atoms. The maximum absolute atomic E-state index is 12.4. The minimum absolute atomic E-state index is 0.152. The zero-order valence-corrected chi connectivity index (χ0v) is 18.6. The van der Waals surface area contributed by atoms with Gasteiger partial charge in [-0.25, -0.2) is 9.78 Å².